The maximum Gasteiger partial charge on any atom is 0.433 e. The number of pyridine rings is 1. The Hall–Kier alpha value is -1.63. The molecule has 1 amide bonds. The van der Waals surface area contributed by atoms with E-state index in [2.05, 4.69) is 4.98 Å². The van der Waals surface area contributed by atoms with Crippen LogP contribution >= 0.6 is 0 Å². The van der Waals surface area contributed by atoms with Crippen LogP contribution in [-0.2, 0) is 6.18 Å². The van der Waals surface area contributed by atoms with Crippen LogP contribution in [0.1, 0.15) is 29.9 Å². The summed E-state index contributed by atoms with van der Waals surface area (Å²) in [7, 11) is 0. The number of aromatic nitrogens is 1. The summed E-state index contributed by atoms with van der Waals surface area (Å²) in [5, 5.41) is 8.87. The van der Waals surface area contributed by atoms with E-state index in [0.717, 1.165) is 18.3 Å². The van der Waals surface area contributed by atoms with Gasteiger partial charge in [-0.2, -0.15) is 13.2 Å². The van der Waals surface area contributed by atoms with Crippen LogP contribution in [0.3, 0.4) is 0 Å². The second-order valence-corrected chi connectivity index (χ2v) is 4.25. The zero-order valence-corrected chi connectivity index (χ0v) is 10.6. The molecule has 0 atom stereocenters. The Bertz CT molecular complexity index is 430. The van der Waals surface area contributed by atoms with E-state index in [0.29, 0.717) is 0 Å². The van der Waals surface area contributed by atoms with E-state index in [-0.39, 0.29) is 24.8 Å². The minimum atomic E-state index is -4.52. The molecule has 0 aliphatic rings. The lowest BCUT2D eigenvalue weighted by Gasteiger charge is -2.25. The van der Waals surface area contributed by atoms with E-state index in [1.165, 1.54) is 4.90 Å². The molecule has 0 spiro atoms. The van der Waals surface area contributed by atoms with Crippen molar-refractivity contribution in [3.63, 3.8) is 0 Å². The largest absolute Gasteiger partial charge is 0.433 e. The molecule has 1 rings (SSSR count). The normalized spacial score (nSPS) is 11.7. The van der Waals surface area contributed by atoms with Crippen molar-refractivity contribution in [3.05, 3.63) is 29.6 Å². The molecule has 0 radical (unpaired) electrons. The molecule has 0 aliphatic heterocycles. The quantitative estimate of drug-likeness (QED) is 0.914. The van der Waals surface area contributed by atoms with Crippen molar-refractivity contribution in [2.24, 2.45) is 0 Å². The number of aliphatic hydroxyl groups is 1. The Labute approximate surface area is 108 Å². The standard InChI is InChI=1S/C12H15F3N2O2/c1-8(2)17(5-6-18)11(19)9-3-4-10(16-7-9)12(13,14)15/h3-4,7-8,18H,5-6H2,1-2H3. The van der Waals surface area contributed by atoms with Gasteiger partial charge in [-0.05, 0) is 26.0 Å². The molecule has 0 unspecified atom stereocenters. The van der Waals surface area contributed by atoms with Crippen LogP contribution < -0.4 is 0 Å². The molecule has 1 aromatic rings. The van der Waals surface area contributed by atoms with Crippen molar-refractivity contribution in [2.75, 3.05) is 13.2 Å². The van der Waals surface area contributed by atoms with Crippen LogP contribution in [0, 0.1) is 0 Å². The third kappa shape index (κ3) is 3.92. The number of amides is 1. The number of aliphatic hydroxyl groups excluding tert-OH is 1. The van der Waals surface area contributed by atoms with Gasteiger partial charge in [0.15, 0.2) is 0 Å². The van der Waals surface area contributed by atoms with Crippen molar-refractivity contribution in [3.8, 4) is 0 Å². The Morgan fingerprint density at radius 3 is 2.42 bits per heavy atom. The molecule has 4 nitrogen and oxygen atoms in total. The molecule has 0 saturated heterocycles. The molecule has 1 aromatic heterocycles. The van der Waals surface area contributed by atoms with E-state index < -0.39 is 17.8 Å². The highest BCUT2D eigenvalue weighted by Gasteiger charge is 2.32. The lowest BCUT2D eigenvalue weighted by Crippen LogP contribution is -2.39. The number of rotatable bonds is 4. The highest BCUT2D eigenvalue weighted by atomic mass is 19.4. The highest BCUT2D eigenvalue weighted by Crippen LogP contribution is 2.27. The van der Waals surface area contributed by atoms with E-state index in [4.69, 9.17) is 5.11 Å². The summed E-state index contributed by atoms with van der Waals surface area (Å²) in [5.41, 5.74) is -0.975. The van der Waals surface area contributed by atoms with Gasteiger partial charge in [-0.25, -0.2) is 0 Å². The van der Waals surface area contributed by atoms with Gasteiger partial charge in [0, 0.05) is 18.8 Å². The molecule has 1 heterocycles. The van der Waals surface area contributed by atoms with Crippen LogP contribution in [0.2, 0.25) is 0 Å². The van der Waals surface area contributed by atoms with Gasteiger partial charge in [0.2, 0.25) is 0 Å². The summed E-state index contributed by atoms with van der Waals surface area (Å²) in [6.45, 7) is 3.42. The van der Waals surface area contributed by atoms with Crippen molar-refractivity contribution < 1.29 is 23.1 Å². The second-order valence-electron chi connectivity index (χ2n) is 4.25. The summed E-state index contributed by atoms with van der Waals surface area (Å²) in [6.07, 6.45) is -3.62. The molecule has 7 heteroatoms. The molecule has 1 N–H and O–H groups in total. The predicted octanol–water partition coefficient (Wildman–Crippen LogP) is 1.94. The molecule has 0 saturated carbocycles. The fourth-order valence-corrected chi connectivity index (χ4v) is 1.56. The monoisotopic (exact) mass is 276 g/mol. The van der Waals surface area contributed by atoms with Gasteiger partial charge in [0.25, 0.3) is 5.91 Å². The van der Waals surface area contributed by atoms with E-state index in [9.17, 15) is 18.0 Å². The number of nitrogens with zero attached hydrogens (tertiary/aromatic N) is 2. The number of halogens is 3. The smallest absolute Gasteiger partial charge is 0.395 e. The van der Waals surface area contributed by atoms with Crippen LogP contribution in [0.4, 0.5) is 13.2 Å². The average molecular weight is 276 g/mol. The van der Waals surface area contributed by atoms with Gasteiger partial charge in [-0.3, -0.25) is 9.78 Å². The first-order valence-corrected chi connectivity index (χ1v) is 5.72. The maximum atomic E-state index is 12.3. The van der Waals surface area contributed by atoms with Crippen LogP contribution in [0.5, 0.6) is 0 Å². The molecule has 106 valence electrons. The molecule has 0 aliphatic carbocycles. The highest BCUT2D eigenvalue weighted by molar-refractivity contribution is 5.94. The maximum absolute atomic E-state index is 12.3. The molecule has 0 bridgehead atoms. The zero-order chi connectivity index (χ0) is 14.6. The summed E-state index contributed by atoms with van der Waals surface area (Å²) < 4.78 is 37.0. The Kier molecular flexibility index (Phi) is 4.88. The van der Waals surface area contributed by atoms with Crippen LogP contribution in [-0.4, -0.2) is 40.1 Å². The fraction of sp³-hybridized carbons (Fsp3) is 0.500. The van der Waals surface area contributed by atoms with E-state index in [1.807, 2.05) is 0 Å². The first kappa shape index (κ1) is 15.4. The van der Waals surface area contributed by atoms with Crippen LogP contribution in [0.15, 0.2) is 18.3 Å². The molecule has 0 fully saturated rings. The summed E-state index contributed by atoms with van der Waals surface area (Å²) in [6, 6.07) is 1.69. The lowest BCUT2D eigenvalue weighted by molar-refractivity contribution is -0.141. The van der Waals surface area contributed by atoms with Gasteiger partial charge < -0.3 is 10.0 Å². The minimum Gasteiger partial charge on any atom is -0.395 e. The Balaban J connectivity index is 2.94. The van der Waals surface area contributed by atoms with Crippen molar-refractivity contribution in [1.29, 1.82) is 0 Å². The number of hydrogen-bond donors (Lipinski definition) is 1. The van der Waals surface area contributed by atoms with Gasteiger partial charge in [-0.1, -0.05) is 0 Å². The summed E-state index contributed by atoms with van der Waals surface area (Å²) >= 11 is 0. The fourth-order valence-electron chi connectivity index (χ4n) is 1.56. The molecular formula is C12H15F3N2O2. The number of hydrogen-bond acceptors (Lipinski definition) is 3. The third-order valence-electron chi connectivity index (χ3n) is 2.53. The van der Waals surface area contributed by atoms with Crippen LogP contribution in [0.25, 0.3) is 0 Å². The Morgan fingerprint density at radius 1 is 1.42 bits per heavy atom. The molecule has 19 heavy (non-hydrogen) atoms. The van der Waals surface area contributed by atoms with Gasteiger partial charge in [-0.15, -0.1) is 0 Å². The second kappa shape index (κ2) is 6.01. The van der Waals surface area contributed by atoms with Gasteiger partial charge >= 0.3 is 6.18 Å². The predicted molar refractivity (Wildman–Crippen MR) is 62.5 cm³/mol. The SMILES string of the molecule is CC(C)N(CCO)C(=O)c1ccc(C(F)(F)F)nc1. The summed E-state index contributed by atoms with van der Waals surface area (Å²) in [4.78, 5) is 16.6. The van der Waals surface area contributed by atoms with Gasteiger partial charge in [0.05, 0.1) is 12.2 Å². The average Bonchev–Trinajstić information content (AvgIpc) is 2.34. The van der Waals surface area contributed by atoms with E-state index >= 15 is 0 Å². The van der Waals surface area contributed by atoms with Crippen molar-refractivity contribution in [1.82, 2.24) is 9.88 Å². The first-order valence-electron chi connectivity index (χ1n) is 5.72. The minimum absolute atomic E-state index is 0.0650. The van der Waals surface area contributed by atoms with Crippen molar-refractivity contribution in [2.45, 2.75) is 26.1 Å². The molecule has 0 aromatic carbocycles. The van der Waals surface area contributed by atoms with Crippen molar-refractivity contribution >= 4 is 5.91 Å². The lowest BCUT2D eigenvalue weighted by atomic mass is 10.2. The number of carbonyl (C=O) groups is 1. The Morgan fingerprint density at radius 2 is 2.05 bits per heavy atom. The first-order chi connectivity index (χ1) is 8.77. The van der Waals surface area contributed by atoms with Gasteiger partial charge in [0.1, 0.15) is 5.69 Å². The summed E-state index contributed by atoms with van der Waals surface area (Å²) in [5.74, 6) is -0.453. The third-order valence-corrected chi connectivity index (χ3v) is 2.53. The molecular weight excluding hydrogens is 261 g/mol. The topological polar surface area (TPSA) is 53.4 Å². The van der Waals surface area contributed by atoms with E-state index in [1.54, 1.807) is 13.8 Å². The zero-order valence-electron chi connectivity index (χ0n) is 10.6. The number of alkyl halides is 3. The number of carbonyl (C=O) groups excluding carboxylic acids is 1.